The summed E-state index contributed by atoms with van der Waals surface area (Å²) in [7, 11) is 0. The molecule has 2 aromatic rings. The van der Waals surface area contributed by atoms with Gasteiger partial charge in [0.15, 0.2) is 0 Å². The number of nitrogens with zero attached hydrogens (tertiary/aromatic N) is 1. The summed E-state index contributed by atoms with van der Waals surface area (Å²) in [5.74, 6) is 0. The van der Waals surface area contributed by atoms with Crippen molar-refractivity contribution in [1.82, 2.24) is 0 Å². The maximum absolute atomic E-state index is 13.2. The van der Waals surface area contributed by atoms with Gasteiger partial charge in [-0.3, -0.25) is 0 Å². The smallest absolute Gasteiger partial charge is 0.391 e. The monoisotopic (exact) mass is 497 g/mol. The number of rotatable bonds is 5. The molecule has 0 atom stereocenters. The molecule has 134 valence electrons. The molecule has 0 amide bonds. The lowest BCUT2D eigenvalue weighted by Gasteiger charge is -2.14. The first kappa shape index (κ1) is 20.3. The van der Waals surface area contributed by atoms with E-state index in [1.807, 2.05) is 18.2 Å². The molecule has 0 unspecified atom stereocenters. The molecule has 0 saturated heterocycles. The Hall–Kier alpha value is -1.05. The fourth-order valence-electron chi connectivity index (χ4n) is 2.19. The Labute approximate surface area is 165 Å². The van der Waals surface area contributed by atoms with E-state index >= 15 is 0 Å². The van der Waals surface area contributed by atoms with Crippen LogP contribution in [0.5, 0.6) is 0 Å². The van der Waals surface area contributed by atoms with Crippen LogP contribution < -0.4 is 0 Å². The minimum Gasteiger partial charge on any atom is -0.391 e. The summed E-state index contributed by atoms with van der Waals surface area (Å²) < 4.78 is 41.3. The maximum atomic E-state index is 13.2. The maximum Gasteiger partial charge on any atom is 0.417 e. The van der Waals surface area contributed by atoms with E-state index in [4.69, 9.17) is 16.4 Å². The van der Waals surface area contributed by atoms with Gasteiger partial charge in [0.25, 0.3) is 0 Å². The third kappa shape index (κ3) is 5.72. The fraction of sp³-hybridized carbons (Fsp3) is 0.235. The minimum atomic E-state index is -4.50. The lowest BCUT2D eigenvalue weighted by Crippen LogP contribution is -2.13. The highest BCUT2D eigenvalue weighted by atomic mass is 79.9. The Balaban J connectivity index is 2.27. The van der Waals surface area contributed by atoms with E-state index in [2.05, 4.69) is 37.0 Å². The van der Waals surface area contributed by atoms with Gasteiger partial charge >= 0.3 is 6.18 Å². The van der Waals surface area contributed by atoms with Crippen molar-refractivity contribution in [3.05, 3.63) is 67.1 Å². The van der Waals surface area contributed by atoms with E-state index in [9.17, 15) is 13.2 Å². The Kier molecular flexibility index (Phi) is 6.93. The number of benzene rings is 2. The second-order valence-corrected chi connectivity index (χ2v) is 7.40. The summed E-state index contributed by atoms with van der Waals surface area (Å²) in [6, 6.07) is 8.96. The number of oxime groups is 1. The second kappa shape index (κ2) is 8.56. The van der Waals surface area contributed by atoms with E-state index in [-0.39, 0.29) is 29.3 Å². The van der Waals surface area contributed by atoms with Crippen LogP contribution in [0.4, 0.5) is 13.2 Å². The standard InChI is InChI=1S/C17H13Br2ClF3NO/c1-2-16(14-8-13(20)3-4-15(14)17(21,22)23)24-25-9-10-5-11(18)7-12(19)6-10/h3-8H,2,9H2,1H3. The van der Waals surface area contributed by atoms with Crippen LogP contribution in [-0.2, 0) is 17.6 Å². The molecule has 2 rings (SSSR count). The van der Waals surface area contributed by atoms with Crippen molar-refractivity contribution in [2.45, 2.75) is 26.1 Å². The van der Waals surface area contributed by atoms with Crippen LogP contribution in [0.2, 0.25) is 5.02 Å². The van der Waals surface area contributed by atoms with Crippen molar-refractivity contribution >= 4 is 49.2 Å². The molecule has 0 saturated carbocycles. The molecule has 0 heterocycles. The van der Waals surface area contributed by atoms with Crippen LogP contribution in [-0.4, -0.2) is 5.71 Å². The summed E-state index contributed by atoms with van der Waals surface area (Å²) in [6.45, 7) is 1.84. The van der Waals surface area contributed by atoms with Gasteiger partial charge in [-0.2, -0.15) is 13.2 Å². The highest BCUT2D eigenvalue weighted by Gasteiger charge is 2.34. The highest BCUT2D eigenvalue weighted by molar-refractivity contribution is 9.11. The van der Waals surface area contributed by atoms with Crippen LogP contribution in [0.3, 0.4) is 0 Å². The Morgan fingerprint density at radius 2 is 1.76 bits per heavy atom. The summed E-state index contributed by atoms with van der Waals surface area (Å²) in [5, 5.41) is 4.12. The van der Waals surface area contributed by atoms with Crippen molar-refractivity contribution in [3.8, 4) is 0 Å². The van der Waals surface area contributed by atoms with E-state index in [1.165, 1.54) is 12.1 Å². The SMILES string of the molecule is CCC(=NOCc1cc(Br)cc(Br)c1)c1cc(Cl)ccc1C(F)(F)F. The molecule has 0 aliphatic carbocycles. The van der Waals surface area contributed by atoms with Crippen LogP contribution in [0, 0.1) is 0 Å². The third-order valence-corrected chi connectivity index (χ3v) is 4.41. The number of hydrogen-bond acceptors (Lipinski definition) is 2. The Bertz CT molecular complexity index is 774. The van der Waals surface area contributed by atoms with Crippen molar-refractivity contribution in [2.24, 2.45) is 5.16 Å². The molecule has 25 heavy (non-hydrogen) atoms. The topological polar surface area (TPSA) is 21.6 Å². The van der Waals surface area contributed by atoms with E-state index < -0.39 is 11.7 Å². The zero-order valence-corrected chi connectivity index (χ0v) is 16.9. The minimum absolute atomic E-state index is 0.0714. The first-order valence-corrected chi connectivity index (χ1v) is 9.18. The largest absolute Gasteiger partial charge is 0.417 e. The Morgan fingerprint density at radius 1 is 1.12 bits per heavy atom. The molecule has 0 aliphatic rings. The normalized spacial score (nSPS) is 12.4. The van der Waals surface area contributed by atoms with Crippen molar-refractivity contribution in [3.63, 3.8) is 0 Å². The van der Waals surface area contributed by atoms with Crippen LogP contribution in [0.1, 0.15) is 30.0 Å². The molecule has 0 N–H and O–H groups in total. The molecule has 0 radical (unpaired) electrons. The molecule has 0 spiro atoms. The van der Waals surface area contributed by atoms with Gasteiger partial charge in [0.05, 0.1) is 11.3 Å². The summed E-state index contributed by atoms with van der Waals surface area (Å²) in [6.07, 6.45) is -4.23. The number of alkyl halides is 3. The lowest BCUT2D eigenvalue weighted by atomic mass is 10.0. The fourth-order valence-corrected chi connectivity index (χ4v) is 3.75. The van der Waals surface area contributed by atoms with Gasteiger partial charge in [-0.25, -0.2) is 0 Å². The predicted octanol–water partition coefficient (Wildman–Crippen LogP) is 7.21. The highest BCUT2D eigenvalue weighted by Crippen LogP contribution is 2.34. The number of halogens is 6. The molecule has 0 aromatic heterocycles. The van der Waals surface area contributed by atoms with Gasteiger partial charge in [-0.15, -0.1) is 0 Å². The summed E-state index contributed by atoms with van der Waals surface area (Å²) in [5.41, 5.74) is 0.149. The van der Waals surface area contributed by atoms with Crippen molar-refractivity contribution in [1.29, 1.82) is 0 Å². The number of hydrogen-bond donors (Lipinski definition) is 0. The molecular weight excluding hydrogens is 486 g/mol. The van der Waals surface area contributed by atoms with Crippen LogP contribution in [0.15, 0.2) is 50.5 Å². The van der Waals surface area contributed by atoms with E-state index in [0.717, 1.165) is 20.6 Å². The summed E-state index contributed by atoms with van der Waals surface area (Å²) in [4.78, 5) is 5.28. The van der Waals surface area contributed by atoms with Crippen molar-refractivity contribution < 1.29 is 18.0 Å². The average Bonchev–Trinajstić information content (AvgIpc) is 2.49. The molecule has 2 aromatic carbocycles. The van der Waals surface area contributed by atoms with Crippen LogP contribution in [0.25, 0.3) is 0 Å². The van der Waals surface area contributed by atoms with E-state index in [0.29, 0.717) is 0 Å². The molecule has 0 aliphatic heterocycles. The van der Waals surface area contributed by atoms with Gasteiger partial charge < -0.3 is 4.84 Å². The molecule has 8 heteroatoms. The van der Waals surface area contributed by atoms with Gasteiger partial charge in [0, 0.05) is 19.5 Å². The lowest BCUT2D eigenvalue weighted by molar-refractivity contribution is -0.137. The molecule has 2 nitrogen and oxygen atoms in total. The summed E-state index contributed by atoms with van der Waals surface area (Å²) >= 11 is 12.6. The van der Waals surface area contributed by atoms with Gasteiger partial charge in [-0.1, -0.05) is 55.5 Å². The Morgan fingerprint density at radius 3 is 2.32 bits per heavy atom. The predicted molar refractivity (Wildman–Crippen MR) is 99.9 cm³/mol. The average molecular weight is 500 g/mol. The zero-order valence-electron chi connectivity index (χ0n) is 13.0. The van der Waals surface area contributed by atoms with Gasteiger partial charge in [0.2, 0.25) is 0 Å². The third-order valence-electron chi connectivity index (χ3n) is 3.26. The molecule has 0 fully saturated rings. The van der Waals surface area contributed by atoms with Crippen molar-refractivity contribution in [2.75, 3.05) is 0 Å². The zero-order chi connectivity index (χ0) is 18.6. The first-order valence-electron chi connectivity index (χ1n) is 7.21. The van der Waals surface area contributed by atoms with Crippen LogP contribution >= 0.6 is 43.5 Å². The van der Waals surface area contributed by atoms with E-state index in [1.54, 1.807) is 6.92 Å². The first-order chi connectivity index (χ1) is 11.7. The molecule has 0 bridgehead atoms. The van der Waals surface area contributed by atoms with Gasteiger partial charge in [-0.05, 0) is 48.4 Å². The second-order valence-electron chi connectivity index (χ2n) is 5.13. The molecular formula is C17H13Br2ClF3NO. The van der Waals surface area contributed by atoms with Gasteiger partial charge in [0.1, 0.15) is 6.61 Å². The quantitative estimate of drug-likeness (QED) is 0.315.